The summed E-state index contributed by atoms with van der Waals surface area (Å²) in [5.41, 5.74) is 0.0554. The van der Waals surface area contributed by atoms with Gasteiger partial charge in [-0.3, -0.25) is 4.72 Å². The molecule has 0 radical (unpaired) electrons. The molecule has 6 nitrogen and oxygen atoms in total. The van der Waals surface area contributed by atoms with Crippen LogP contribution in [0.1, 0.15) is 17.3 Å². The molecule has 0 heterocycles. The number of rotatable bonds is 6. The van der Waals surface area contributed by atoms with Crippen molar-refractivity contribution in [1.29, 1.82) is 0 Å². The summed E-state index contributed by atoms with van der Waals surface area (Å²) in [6.45, 7) is 2.05. The first-order valence-corrected chi connectivity index (χ1v) is 10.3. The summed E-state index contributed by atoms with van der Waals surface area (Å²) in [5.74, 6) is -1.18. The van der Waals surface area contributed by atoms with Crippen LogP contribution in [0.15, 0.2) is 64.0 Å². The van der Waals surface area contributed by atoms with Gasteiger partial charge >= 0.3 is 0 Å². The first kappa shape index (κ1) is 19.2. The molecule has 3 aromatic rings. The molecule has 0 saturated carbocycles. The average molecular weight is 449 g/mol. The largest absolute Gasteiger partial charge is 0.545 e. The lowest BCUT2D eigenvalue weighted by molar-refractivity contribution is -0.254. The fraction of sp³-hybridized carbons (Fsp3) is 0.105. The first-order chi connectivity index (χ1) is 12.8. The van der Waals surface area contributed by atoms with E-state index in [-0.39, 0.29) is 27.3 Å². The summed E-state index contributed by atoms with van der Waals surface area (Å²) in [6.07, 6.45) is 0. The lowest BCUT2D eigenvalue weighted by atomic mass is 10.0. The molecule has 0 unspecified atom stereocenters. The second kappa shape index (κ2) is 7.58. The van der Waals surface area contributed by atoms with Crippen LogP contribution in [-0.2, 0) is 10.0 Å². The second-order valence-corrected chi connectivity index (χ2v) is 8.19. The standard InChI is InChI=1S/C19H16BrNO5S/c1-2-26-16-10-9-13(20)11-17(16)27(24,25)21-15-8-4-6-12-5-3-7-14(18(12)15)19(22)23/h3-11,21H,2H2,1H3,(H,22,23)/p-1. The van der Waals surface area contributed by atoms with E-state index < -0.39 is 16.0 Å². The Bertz CT molecular complexity index is 1120. The van der Waals surface area contributed by atoms with E-state index in [2.05, 4.69) is 20.7 Å². The quantitative estimate of drug-likeness (QED) is 0.624. The van der Waals surface area contributed by atoms with E-state index in [0.717, 1.165) is 0 Å². The number of carboxylic acid groups (broad SMARTS) is 1. The summed E-state index contributed by atoms with van der Waals surface area (Å²) in [5, 5.41) is 12.3. The maximum absolute atomic E-state index is 13.0. The van der Waals surface area contributed by atoms with E-state index in [1.165, 1.54) is 18.2 Å². The molecule has 27 heavy (non-hydrogen) atoms. The first-order valence-electron chi connectivity index (χ1n) is 8.01. The monoisotopic (exact) mass is 448 g/mol. The van der Waals surface area contributed by atoms with E-state index in [4.69, 9.17) is 4.74 Å². The number of aromatic carboxylic acids is 1. The van der Waals surface area contributed by atoms with Gasteiger partial charge in [-0.05, 0) is 36.6 Å². The molecule has 8 heteroatoms. The van der Waals surface area contributed by atoms with E-state index in [0.29, 0.717) is 16.5 Å². The highest BCUT2D eigenvalue weighted by molar-refractivity contribution is 9.10. The Morgan fingerprint density at radius 1 is 1.15 bits per heavy atom. The molecular formula is C19H15BrNO5S-. The summed E-state index contributed by atoms with van der Waals surface area (Å²) in [7, 11) is -4.04. The van der Waals surface area contributed by atoms with Crippen molar-refractivity contribution in [3.8, 4) is 5.75 Å². The Kier molecular flexibility index (Phi) is 5.38. The smallest absolute Gasteiger partial charge is 0.265 e. The molecule has 1 N–H and O–H groups in total. The molecule has 3 aromatic carbocycles. The Morgan fingerprint density at radius 3 is 2.52 bits per heavy atom. The van der Waals surface area contributed by atoms with Crippen molar-refractivity contribution in [2.24, 2.45) is 0 Å². The Labute approximate surface area is 165 Å². The number of nitrogens with one attached hydrogen (secondary N) is 1. The molecule has 0 spiro atoms. The Hall–Kier alpha value is -2.58. The third kappa shape index (κ3) is 3.91. The van der Waals surface area contributed by atoms with Gasteiger partial charge in [-0.15, -0.1) is 0 Å². The number of hydrogen-bond donors (Lipinski definition) is 1. The van der Waals surface area contributed by atoms with Crippen LogP contribution in [0.5, 0.6) is 5.75 Å². The molecule has 3 rings (SSSR count). The summed E-state index contributed by atoms with van der Waals surface area (Å²) in [4.78, 5) is 11.4. The Balaban J connectivity index is 2.16. The van der Waals surface area contributed by atoms with Crippen LogP contribution in [0.4, 0.5) is 5.69 Å². The summed E-state index contributed by atoms with van der Waals surface area (Å²) in [6, 6.07) is 14.2. The molecule has 0 atom stereocenters. The van der Waals surface area contributed by atoms with Crippen LogP contribution in [0.3, 0.4) is 0 Å². The number of anilines is 1. The van der Waals surface area contributed by atoms with Crippen LogP contribution < -0.4 is 14.6 Å². The minimum absolute atomic E-state index is 0.0540. The maximum Gasteiger partial charge on any atom is 0.265 e. The number of ether oxygens (including phenoxy) is 1. The van der Waals surface area contributed by atoms with Gasteiger partial charge < -0.3 is 14.6 Å². The molecule has 0 aromatic heterocycles. The SMILES string of the molecule is CCOc1ccc(Br)cc1S(=O)(=O)Nc1cccc2cccc(C(=O)[O-])c12. The van der Waals surface area contributed by atoms with Crippen LogP contribution in [0.2, 0.25) is 0 Å². The molecule has 140 valence electrons. The topological polar surface area (TPSA) is 95.5 Å². The normalized spacial score (nSPS) is 11.3. The third-order valence-electron chi connectivity index (χ3n) is 3.86. The van der Waals surface area contributed by atoms with Gasteiger partial charge in [0.25, 0.3) is 10.0 Å². The zero-order chi connectivity index (χ0) is 19.6. The van der Waals surface area contributed by atoms with Crippen molar-refractivity contribution < 1.29 is 23.1 Å². The highest BCUT2D eigenvalue weighted by Gasteiger charge is 2.22. The lowest BCUT2D eigenvalue weighted by Crippen LogP contribution is -2.23. The van der Waals surface area contributed by atoms with Gasteiger partial charge in [-0.1, -0.05) is 46.3 Å². The minimum atomic E-state index is -4.04. The molecule has 0 amide bonds. The molecule has 0 aliphatic rings. The van der Waals surface area contributed by atoms with Crippen molar-refractivity contribution in [2.75, 3.05) is 11.3 Å². The van der Waals surface area contributed by atoms with Gasteiger partial charge in [0.1, 0.15) is 10.6 Å². The fourth-order valence-corrected chi connectivity index (χ4v) is 4.52. The van der Waals surface area contributed by atoms with Crippen LogP contribution >= 0.6 is 15.9 Å². The van der Waals surface area contributed by atoms with Crippen molar-refractivity contribution in [2.45, 2.75) is 11.8 Å². The van der Waals surface area contributed by atoms with Gasteiger partial charge in [0.15, 0.2) is 0 Å². The highest BCUT2D eigenvalue weighted by atomic mass is 79.9. The number of sulfonamides is 1. The molecule has 0 saturated heterocycles. The van der Waals surface area contributed by atoms with Crippen molar-refractivity contribution in [3.05, 3.63) is 64.6 Å². The molecular weight excluding hydrogens is 434 g/mol. The average Bonchev–Trinajstić information content (AvgIpc) is 2.62. The molecule has 0 fully saturated rings. The molecule has 0 aliphatic carbocycles. The second-order valence-electron chi connectivity index (χ2n) is 5.63. The number of carboxylic acids is 1. The number of halogens is 1. The van der Waals surface area contributed by atoms with Gasteiger partial charge in [-0.2, -0.15) is 0 Å². The van der Waals surface area contributed by atoms with E-state index >= 15 is 0 Å². The van der Waals surface area contributed by atoms with Crippen molar-refractivity contribution >= 4 is 48.4 Å². The number of carbonyl (C=O) groups is 1. The molecule has 0 bridgehead atoms. The number of carbonyl (C=O) groups excluding carboxylic acids is 1. The minimum Gasteiger partial charge on any atom is -0.545 e. The summed E-state index contributed by atoms with van der Waals surface area (Å²) < 4.78 is 34.5. The zero-order valence-electron chi connectivity index (χ0n) is 14.2. The lowest BCUT2D eigenvalue weighted by Gasteiger charge is -2.16. The predicted molar refractivity (Wildman–Crippen MR) is 104 cm³/mol. The summed E-state index contributed by atoms with van der Waals surface area (Å²) >= 11 is 3.26. The van der Waals surface area contributed by atoms with Crippen LogP contribution in [0, 0.1) is 0 Å². The zero-order valence-corrected chi connectivity index (χ0v) is 16.6. The van der Waals surface area contributed by atoms with Gasteiger partial charge in [0.2, 0.25) is 0 Å². The number of fused-ring (bicyclic) bond motifs is 1. The van der Waals surface area contributed by atoms with Crippen LogP contribution in [0.25, 0.3) is 10.8 Å². The predicted octanol–water partition coefficient (Wildman–Crippen LogP) is 3.17. The van der Waals surface area contributed by atoms with E-state index in [1.54, 1.807) is 43.3 Å². The van der Waals surface area contributed by atoms with Crippen LogP contribution in [-0.4, -0.2) is 21.0 Å². The maximum atomic E-state index is 13.0. The van der Waals surface area contributed by atoms with Gasteiger partial charge in [0, 0.05) is 15.4 Å². The van der Waals surface area contributed by atoms with Crippen molar-refractivity contribution in [3.63, 3.8) is 0 Å². The molecule has 0 aliphatic heterocycles. The number of benzene rings is 3. The fourth-order valence-electron chi connectivity index (χ4n) is 2.76. The van der Waals surface area contributed by atoms with E-state index in [1.807, 2.05) is 0 Å². The third-order valence-corrected chi connectivity index (χ3v) is 5.74. The Morgan fingerprint density at radius 2 is 1.85 bits per heavy atom. The highest BCUT2D eigenvalue weighted by Crippen LogP contribution is 2.32. The van der Waals surface area contributed by atoms with Gasteiger partial charge in [0.05, 0.1) is 18.3 Å². The van der Waals surface area contributed by atoms with Crippen molar-refractivity contribution in [1.82, 2.24) is 0 Å². The van der Waals surface area contributed by atoms with E-state index in [9.17, 15) is 18.3 Å². The number of hydrogen-bond acceptors (Lipinski definition) is 5. The van der Waals surface area contributed by atoms with Gasteiger partial charge in [-0.25, -0.2) is 8.42 Å².